The lowest BCUT2D eigenvalue weighted by atomic mass is 10.0. The van der Waals surface area contributed by atoms with Crippen molar-refractivity contribution in [2.24, 2.45) is 13.0 Å². The van der Waals surface area contributed by atoms with Crippen molar-refractivity contribution in [3.8, 4) is 0 Å². The molecule has 0 fully saturated rings. The molecule has 0 unspecified atom stereocenters. The van der Waals surface area contributed by atoms with Gasteiger partial charge in [-0.25, -0.2) is 0 Å². The van der Waals surface area contributed by atoms with Gasteiger partial charge in [-0.05, 0) is 62.1 Å². The fourth-order valence-electron chi connectivity index (χ4n) is 3.50. The Morgan fingerprint density at radius 2 is 1.82 bits per heavy atom. The van der Waals surface area contributed by atoms with Crippen molar-refractivity contribution in [3.05, 3.63) is 68.9 Å². The maximum atomic E-state index is 12.8. The molecule has 2 amide bonds. The molecule has 0 bridgehead atoms. The first-order valence-corrected chi connectivity index (χ1v) is 12.8. The van der Waals surface area contributed by atoms with Crippen molar-refractivity contribution < 1.29 is 9.59 Å². The first kappa shape index (κ1) is 26.0. The Hall–Kier alpha value is -2.65. The fraction of sp³-hybridized carbons (Fsp3) is 0.360. The molecular formula is C25H30BrN5O2S. The van der Waals surface area contributed by atoms with Crippen LogP contribution in [-0.2, 0) is 11.8 Å². The zero-order valence-corrected chi connectivity index (χ0v) is 22.7. The Morgan fingerprint density at radius 1 is 1.09 bits per heavy atom. The first-order valence-electron chi connectivity index (χ1n) is 11.0. The van der Waals surface area contributed by atoms with E-state index in [1.54, 1.807) is 6.07 Å². The number of nitrogens with one attached hydrogen (secondary N) is 2. The molecule has 0 saturated carbocycles. The Bertz CT molecular complexity index is 1210. The summed E-state index contributed by atoms with van der Waals surface area (Å²) < 4.78 is 2.85. The summed E-state index contributed by atoms with van der Waals surface area (Å²) in [6.07, 6.45) is 0. The largest absolute Gasteiger partial charge is 0.342 e. The molecule has 7 nitrogen and oxygen atoms in total. The van der Waals surface area contributed by atoms with Crippen LogP contribution in [0.1, 0.15) is 52.8 Å². The van der Waals surface area contributed by atoms with E-state index in [-0.39, 0.29) is 29.5 Å². The van der Waals surface area contributed by atoms with Gasteiger partial charge >= 0.3 is 0 Å². The number of rotatable bonds is 8. The average molecular weight is 545 g/mol. The van der Waals surface area contributed by atoms with Gasteiger partial charge in [0.25, 0.3) is 5.91 Å². The van der Waals surface area contributed by atoms with Crippen LogP contribution in [0.15, 0.2) is 46.0 Å². The van der Waals surface area contributed by atoms with Crippen molar-refractivity contribution in [1.82, 2.24) is 20.1 Å². The fourth-order valence-corrected chi connectivity index (χ4v) is 4.65. The molecule has 0 saturated heterocycles. The number of amides is 2. The maximum Gasteiger partial charge on any atom is 0.251 e. The minimum atomic E-state index is -0.318. The van der Waals surface area contributed by atoms with Gasteiger partial charge in [0.15, 0.2) is 11.0 Å². The molecule has 34 heavy (non-hydrogen) atoms. The molecule has 1 heterocycles. The van der Waals surface area contributed by atoms with E-state index in [4.69, 9.17) is 0 Å². The number of aromatic nitrogens is 3. The topological polar surface area (TPSA) is 88.9 Å². The summed E-state index contributed by atoms with van der Waals surface area (Å²) in [5.41, 5.74) is 4.55. The number of halogens is 1. The molecule has 2 N–H and O–H groups in total. The summed E-state index contributed by atoms with van der Waals surface area (Å²) in [5, 5.41) is 15.3. The number of nitrogens with zero attached hydrogens (tertiary/aromatic N) is 3. The third-order valence-corrected chi connectivity index (χ3v) is 7.59. The summed E-state index contributed by atoms with van der Waals surface area (Å²) in [6.45, 7) is 10.00. The average Bonchev–Trinajstić information content (AvgIpc) is 3.16. The number of aryl methyl sites for hydroxylation is 1. The van der Waals surface area contributed by atoms with Crippen LogP contribution in [0.5, 0.6) is 0 Å². The van der Waals surface area contributed by atoms with Gasteiger partial charge in [-0.2, -0.15) is 0 Å². The second-order valence-electron chi connectivity index (χ2n) is 8.65. The van der Waals surface area contributed by atoms with Crippen molar-refractivity contribution in [2.75, 3.05) is 11.1 Å². The van der Waals surface area contributed by atoms with Crippen LogP contribution in [0.2, 0.25) is 0 Å². The van der Waals surface area contributed by atoms with Gasteiger partial charge in [0.2, 0.25) is 5.91 Å². The van der Waals surface area contributed by atoms with Crippen LogP contribution in [0.25, 0.3) is 0 Å². The highest BCUT2D eigenvalue weighted by molar-refractivity contribution is 9.10. The van der Waals surface area contributed by atoms with Crippen molar-refractivity contribution in [1.29, 1.82) is 0 Å². The lowest BCUT2D eigenvalue weighted by molar-refractivity contribution is -0.113. The molecule has 180 valence electrons. The lowest BCUT2D eigenvalue weighted by Gasteiger charge is -2.22. The normalized spacial score (nSPS) is 12.0. The number of carbonyl (C=O) groups excluding carboxylic acids is 2. The Balaban J connectivity index is 1.68. The Kier molecular flexibility index (Phi) is 8.54. The molecule has 0 radical (unpaired) electrons. The van der Waals surface area contributed by atoms with Gasteiger partial charge in [0, 0.05) is 22.8 Å². The molecule has 1 aromatic heterocycles. The van der Waals surface area contributed by atoms with Crippen molar-refractivity contribution >= 4 is 45.2 Å². The van der Waals surface area contributed by atoms with E-state index in [1.807, 2.05) is 76.6 Å². The quantitative estimate of drug-likeness (QED) is 0.373. The number of anilines is 1. The molecular weight excluding hydrogens is 514 g/mol. The summed E-state index contributed by atoms with van der Waals surface area (Å²) in [7, 11) is 1.85. The number of benzene rings is 2. The van der Waals surface area contributed by atoms with Crippen molar-refractivity contribution in [3.63, 3.8) is 0 Å². The Labute approximate surface area is 213 Å². The van der Waals surface area contributed by atoms with Crippen LogP contribution < -0.4 is 10.6 Å². The molecule has 0 aliphatic rings. The van der Waals surface area contributed by atoms with E-state index in [2.05, 4.69) is 36.8 Å². The molecule has 0 spiro atoms. The van der Waals surface area contributed by atoms with E-state index in [9.17, 15) is 9.59 Å². The van der Waals surface area contributed by atoms with Gasteiger partial charge in [-0.3, -0.25) is 9.59 Å². The van der Waals surface area contributed by atoms with Gasteiger partial charge in [-0.1, -0.05) is 59.2 Å². The van der Waals surface area contributed by atoms with Gasteiger partial charge in [0.05, 0.1) is 11.8 Å². The maximum absolute atomic E-state index is 12.8. The SMILES string of the molecule is Cc1cccc(C(=O)N[C@H](c2nnc(SCC(=O)Nc3ccc(Br)c(C)c3C)n2C)C(C)C)c1. The van der Waals surface area contributed by atoms with E-state index >= 15 is 0 Å². The monoisotopic (exact) mass is 543 g/mol. The summed E-state index contributed by atoms with van der Waals surface area (Å²) in [4.78, 5) is 25.4. The van der Waals surface area contributed by atoms with Gasteiger partial charge < -0.3 is 15.2 Å². The smallest absolute Gasteiger partial charge is 0.251 e. The van der Waals surface area contributed by atoms with Crippen LogP contribution in [0.4, 0.5) is 5.69 Å². The molecule has 1 atom stereocenters. The number of thioether (sulfide) groups is 1. The zero-order valence-electron chi connectivity index (χ0n) is 20.3. The lowest BCUT2D eigenvalue weighted by Crippen LogP contribution is -2.33. The standard InChI is InChI=1S/C25H30BrN5O2S/c1-14(2)22(28-24(33)18-9-7-8-15(3)12-18)23-29-30-25(31(23)6)34-13-21(32)27-20-11-10-19(26)16(4)17(20)5/h7-12,14,22H,13H2,1-6H3,(H,27,32)(H,28,33)/t22-/m0/s1. The highest BCUT2D eigenvalue weighted by Crippen LogP contribution is 2.27. The first-order chi connectivity index (χ1) is 16.1. The summed E-state index contributed by atoms with van der Waals surface area (Å²) in [5.74, 6) is 0.675. The molecule has 0 aliphatic carbocycles. The van der Waals surface area contributed by atoms with Crippen LogP contribution >= 0.6 is 27.7 Å². The Morgan fingerprint density at radius 3 is 2.50 bits per heavy atom. The molecule has 2 aromatic carbocycles. The molecule has 3 rings (SSSR count). The van der Waals surface area contributed by atoms with Gasteiger partial charge in [0.1, 0.15) is 0 Å². The predicted octanol–water partition coefficient (Wildman–Crippen LogP) is 5.36. The highest BCUT2D eigenvalue weighted by Gasteiger charge is 2.25. The second kappa shape index (κ2) is 11.2. The molecule has 3 aromatic rings. The third-order valence-electron chi connectivity index (χ3n) is 5.71. The van der Waals surface area contributed by atoms with E-state index in [1.165, 1.54) is 11.8 Å². The minimum absolute atomic E-state index is 0.0985. The third kappa shape index (κ3) is 6.07. The van der Waals surface area contributed by atoms with Crippen LogP contribution in [0, 0.1) is 26.7 Å². The van der Waals surface area contributed by atoms with Crippen molar-refractivity contribution in [2.45, 2.75) is 45.8 Å². The zero-order chi connectivity index (χ0) is 25.0. The highest BCUT2D eigenvalue weighted by atomic mass is 79.9. The minimum Gasteiger partial charge on any atom is -0.342 e. The number of hydrogen-bond donors (Lipinski definition) is 2. The van der Waals surface area contributed by atoms with Gasteiger partial charge in [-0.15, -0.1) is 10.2 Å². The number of carbonyl (C=O) groups is 2. The summed E-state index contributed by atoms with van der Waals surface area (Å²) in [6, 6.07) is 11.0. The van der Waals surface area contributed by atoms with Crippen LogP contribution in [0.3, 0.4) is 0 Å². The predicted molar refractivity (Wildman–Crippen MR) is 140 cm³/mol. The van der Waals surface area contributed by atoms with E-state index in [0.717, 1.165) is 26.9 Å². The number of hydrogen-bond acceptors (Lipinski definition) is 5. The van der Waals surface area contributed by atoms with E-state index in [0.29, 0.717) is 16.5 Å². The molecule has 9 heteroatoms. The summed E-state index contributed by atoms with van der Waals surface area (Å²) >= 11 is 4.82. The van der Waals surface area contributed by atoms with E-state index < -0.39 is 0 Å². The second-order valence-corrected chi connectivity index (χ2v) is 10.4. The molecule has 0 aliphatic heterocycles. The van der Waals surface area contributed by atoms with Crippen LogP contribution in [-0.4, -0.2) is 32.3 Å².